The molecular weight excluding hydrogens is 246 g/mol. The van der Waals surface area contributed by atoms with E-state index >= 15 is 0 Å². The number of hydrogen-bond donors (Lipinski definition) is 1. The molecular formula is C17H29N3. The lowest BCUT2D eigenvalue weighted by Crippen LogP contribution is -2.33. The third-order valence-electron chi connectivity index (χ3n) is 4.22. The number of rotatable bonds is 8. The fourth-order valence-corrected chi connectivity index (χ4v) is 2.53. The smallest absolute Gasteiger partial charge is 0.129 e. The quantitative estimate of drug-likeness (QED) is 0.787. The van der Waals surface area contributed by atoms with Crippen LogP contribution in [0.1, 0.15) is 58.2 Å². The van der Waals surface area contributed by atoms with Crippen LogP contribution in [0.3, 0.4) is 0 Å². The highest BCUT2D eigenvalue weighted by Crippen LogP contribution is 2.22. The van der Waals surface area contributed by atoms with E-state index in [1.807, 2.05) is 0 Å². The molecule has 0 spiro atoms. The first-order chi connectivity index (χ1) is 9.67. The van der Waals surface area contributed by atoms with Crippen molar-refractivity contribution in [3.8, 4) is 0 Å². The van der Waals surface area contributed by atoms with E-state index < -0.39 is 0 Å². The minimum Gasteiger partial charge on any atom is -0.354 e. The van der Waals surface area contributed by atoms with E-state index in [1.165, 1.54) is 24.1 Å². The lowest BCUT2D eigenvalue weighted by Gasteiger charge is -2.29. The summed E-state index contributed by atoms with van der Waals surface area (Å²) in [5, 5.41) is 3.61. The van der Waals surface area contributed by atoms with Gasteiger partial charge >= 0.3 is 0 Å². The summed E-state index contributed by atoms with van der Waals surface area (Å²) in [4.78, 5) is 7.25. The molecule has 1 aliphatic rings. The highest BCUT2D eigenvalue weighted by Gasteiger charge is 2.20. The lowest BCUT2D eigenvalue weighted by molar-refractivity contribution is 0.620. The van der Waals surface area contributed by atoms with Gasteiger partial charge in [0.25, 0.3) is 0 Å². The zero-order valence-electron chi connectivity index (χ0n) is 13.4. The van der Waals surface area contributed by atoms with Gasteiger partial charge in [-0.25, -0.2) is 4.98 Å². The summed E-state index contributed by atoms with van der Waals surface area (Å²) in [6.07, 6.45) is 4.84. The molecule has 1 atom stereocenters. The van der Waals surface area contributed by atoms with E-state index in [0.717, 1.165) is 37.8 Å². The van der Waals surface area contributed by atoms with Gasteiger partial charge in [0.15, 0.2) is 0 Å². The second-order valence-corrected chi connectivity index (χ2v) is 5.88. The first-order valence-electron chi connectivity index (χ1n) is 8.17. The highest BCUT2D eigenvalue weighted by molar-refractivity contribution is 5.43. The third-order valence-corrected chi connectivity index (χ3v) is 4.22. The van der Waals surface area contributed by atoms with Gasteiger partial charge in [0.1, 0.15) is 5.82 Å². The summed E-state index contributed by atoms with van der Waals surface area (Å²) < 4.78 is 0. The van der Waals surface area contributed by atoms with Crippen LogP contribution in [0.5, 0.6) is 0 Å². The Bertz CT molecular complexity index is 426. The molecule has 1 saturated carbocycles. The summed E-state index contributed by atoms with van der Waals surface area (Å²) in [5.74, 6) is 1.15. The number of pyridine rings is 1. The van der Waals surface area contributed by atoms with Crippen LogP contribution < -0.4 is 10.2 Å². The average Bonchev–Trinajstić information content (AvgIpc) is 3.29. The largest absolute Gasteiger partial charge is 0.354 e. The van der Waals surface area contributed by atoms with Gasteiger partial charge in [-0.15, -0.1) is 0 Å². The van der Waals surface area contributed by atoms with E-state index in [1.54, 1.807) is 0 Å². The molecule has 1 aliphatic carbocycles. The van der Waals surface area contributed by atoms with Crippen molar-refractivity contribution in [2.45, 2.75) is 72.0 Å². The molecule has 0 amide bonds. The Morgan fingerprint density at radius 2 is 2.05 bits per heavy atom. The summed E-state index contributed by atoms with van der Waals surface area (Å²) in [6, 6.07) is 5.82. The molecule has 1 fully saturated rings. The SMILES string of the molecule is CCc1cc(CNC2CC2)cc(N(CC)C(C)CC)n1. The summed E-state index contributed by atoms with van der Waals surface area (Å²) in [5.41, 5.74) is 2.58. The van der Waals surface area contributed by atoms with Crippen LogP contribution >= 0.6 is 0 Å². The first kappa shape index (κ1) is 15.3. The van der Waals surface area contributed by atoms with Crippen molar-refractivity contribution in [3.05, 3.63) is 23.4 Å². The molecule has 0 aromatic carbocycles. The normalized spacial score (nSPS) is 16.2. The predicted octanol–water partition coefficient (Wildman–Crippen LogP) is 3.52. The van der Waals surface area contributed by atoms with Gasteiger partial charge in [-0.1, -0.05) is 13.8 Å². The van der Waals surface area contributed by atoms with Gasteiger partial charge in [-0.3, -0.25) is 0 Å². The molecule has 1 unspecified atom stereocenters. The van der Waals surface area contributed by atoms with Crippen LogP contribution in [-0.4, -0.2) is 23.6 Å². The molecule has 20 heavy (non-hydrogen) atoms. The minimum absolute atomic E-state index is 0.545. The fourth-order valence-electron chi connectivity index (χ4n) is 2.53. The van der Waals surface area contributed by atoms with Crippen molar-refractivity contribution in [1.29, 1.82) is 0 Å². The van der Waals surface area contributed by atoms with Gasteiger partial charge in [0, 0.05) is 30.9 Å². The summed E-state index contributed by atoms with van der Waals surface area (Å²) in [7, 11) is 0. The molecule has 0 saturated heterocycles. The van der Waals surface area contributed by atoms with Crippen molar-refractivity contribution in [1.82, 2.24) is 10.3 Å². The second kappa shape index (κ2) is 7.07. The minimum atomic E-state index is 0.545. The van der Waals surface area contributed by atoms with Gasteiger partial charge < -0.3 is 10.2 Å². The number of aromatic nitrogens is 1. The monoisotopic (exact) mass is 275 g/mol. The van der Waals surface area contributed by atoms with Crippen LogP contribution in [0.4, 0.5) is 5.82 Å². The van der Waals surface area contributed by atoms with Crippen molar-refractivity contribution >= 4 is 5.82 Å². The van der Waals surface area contributed by atoms with E-state index in [-0.39, 0.29) is 0 Å². The molecule has 0 bridgehead atoms. The van der Waals surface area contributed by atoms with E-state index in [9.17, 15) is 0 Å². The topological polar surface area (TPSA) is 28.2 Å². The van der Waals surface area contributed by atoms with E-state index in [2.05, 4.69) is 50.0 Å². The number of nitrogens with one attached hydrogen (secondary N) is 1. The zero-order chi connectivity index (χ0) is 14.5. The van der Waals surface area contributed by atoms with Crippen molar-refractivity contribution in [3.63, 3.8) is 0 Å². The Hall–Kier alpha value is -1.09. The average molecular weight is 275 g/mol. The Labute approximate surface area is 123 Å². The second-order valence-electron chi connectivity index (χ2n) is 5.88. The van der Waals surface area contributed by atoms with Crippen molar-refractivity contribution in [2.75, 3.05) is 11.4 Å². The van der Waals surface area contributed by atoms with E-state index in [4.69, 9.17) is 4.98 Å². The van der Waals surface area contributed by atoms with Gasteiger partial charge in [-0.2, -0.15) is 0 Å². The Morgan fingerprint density at radius 1 is 1.30 bits per heavy atom. The number of nitrogens with zero attached hydrogens (tertiary/aromatic N) is 2. The summed E-state index contributed by atoms with van der Waals surface area (Å²) in [6.45, 7) is 10.9. The van der Waals surface area contributed by atoms with Crippen LogP contribution in [0.2, 0.25) is 0 Å². The molecule has 2 rings (SSSR count). The van der Waals surface area contributed by atoms with Crippen LogP contribution in [0, 0.1) is 0 Å². The number of hydrogen-bond acceptors (Lipinski definition) is 3. The Balaban J connectivity index is 2.18. The predicted molar refractivity (Wildman–Crippen MR) is 86.2 cm³/mol. The maximum atomic E-state index is 4.83. The van der Waals surface area contributed by atoms with Crippen molar-refractivity contribution in [2.24, 2.45) is 0 Å². The fraction of sp³-hybridized carbons (Fsp3) is 0.706. The van der Waals surface area contributed by atoms with Crippen molar-refractivity contribution < 1.29 is 0 Å². The van der Waals surface area contributed by atoms with E-state index in [0.29, 0.717) is 6.04 Å². The molecule has 112 valence electrons. The molecule has 0 radical (unpaired) electrons. The molecule has 1 aromatic rings. The van der Waals surface area contributed by atoms with Gasteiger partial charge in [0.2, 0.25) is 0 Å². The molecule has 1 heterocycles. The number of anilines is 1. The highest BCUT2D eigenvalue weighted by atomic mass is 15.2. The lowest BCUT2D eigenvalue weighted by atomic mass is 10.1. The van der Waals surface area contributed by atoms with Crippen LogP contribution in [0.15, 0.2) is 12.1 Å². The maximum Gasteiger partial charge on any atom is 0.129 e. The Morgan fingerprint density at radius 3 is 2.60 bits per heavy atom. The molecule has 3 nitrogen and oxygen atoms in total. The molecule has 1 aromatic heterocycles. The first-order valence-corrected chi connectivity index (χ1v) is 8.17. The zero-order valence-corrected chi connectivity index (χ0v) is 13.4. The van der Waals surface area contributed by atoms with Crippen LogP contribution in [-0.2, 0) is 13.0 Å². The molecule has 3 heteroatoms. The number of aryl methyl sites for hydroxylation is 1. The van der Waals surface area contributed by atoms with Gasteiger partial charge in [0.05, 0.1) is 0 Å². The Kier molecular flexibility index (Phi) is 5.41. The maximum absolute atomic E-state index is 4.83. The van der Waals surface area contributed by atoms with Gasteiger partial charge in [-0.05, 0) is 57.2 Å². The molecule has 1 N–H and O–H groups in total. The standard InChI is InChI=1S/C17H29N3/c1-5-13(4)20(7-3)17-11-14(10-15(6-2)19-17)12-18-16-8-9-16/h10-11,13,16,18H,5-9,12H2,1-4H3. The third kappa shape index (κ3) is 3.95. The molecule has 0 aliphatic heterocycles. The summed E-state index contributed by atoms with van der Waals surface area (Å²) >= 11 is 0. The van der Waals surface area contributed by atoms with Crippen LogP contribution in [0.25, 0.3) is 0 Å².